The first kappa shape index (κ1) is 11.1. The molecule has 0 unspecified atom stereocenters. The van der Waals surface area contributed by atoms with E-state index in [1.807, 2.05) is 20.0 Å². The summed E-state index contributed by atoms with van der Waals surface area (Å²) in [6, 6.07) is 0. The van der Waals surface area contributed by atoms with Gasteiger partial charge in [-0.25, -0.2) is 0 Å². The van der Waals surface area contributed by atoms with Crippen LogP contribution in [0.1, 0.15) is 33.1 Å². The van der Waals surface area contributed by atoms with Gasteiger partial charge in [0.25, 0.3) is 0 Å². The second-order valence-electron chi connectivity index (χ2n) is 3.61. The molecule has 1 N–H and O–H groups in total. The van der Waals surface area contributed by atoms with Gasteiger partial charge in [0, 0.05) is 31.4 Å². The first-order chi connectivity index (χ1) is 6.77. The fourth-order valence-corrected chi connectivity index (χ4v) is 1.68. The lowest BCUT2D eigenvalue weighted by molar-refractivity contribution is -0.117. The van der Waals surface area contributed by atoms with Crippen molar-refractivity contribution in [3.8, 4) is 0 Å². The smallest absolute Gasteiger partial charge is 0.248 e. The summed E-state index contributed by atoms with van der Waals surface area (Å²) in [6.07, 6.45) is 5.34. The van der Waals surface area contributed by atoms with E-state index in [2.05, 4.69) is 10.2 Å². The molecule has 0 aliphatic carbocycles. The van der Waals surface area contributed by atoms with Gasteiger partial charge in [0.1, 0.15) is 0 Å². The Morgan fingerprint density at radius 1 is 1.36 bits per heavy atom. The highest BCUT2D eigenvalue weighted by molar-refractivity contribution is 5.93. The number of rotatable bonds is 4. The van der Waals surface area contributed by atoms with Crippen LogP contribution in [0.3, 0.4) is 0 Å². The van der Waals surface area contributed by atoms with Crippen LogP contribution in [0.25, 0.3) is 0 Å². The fourth-order valence-electron chi connectivity index (χ4n) is 1.68. The zero-order valence-electron chi connectivity index (χ0n) is 9.18. The number of likely N-dealkylation sites (tertiary alicyclic amines) is 1. The summed E-state index contributed by atoms with van der Waals surface area (Å²) in [5.74, 6) is 0.0851. The molecule has 80 valence electrons. The Kier molecular flexibility index (Phi) is 4.50. The highest BCUT2D eigenvalue weighted by atomic mass is 16.1. The van der Waals surface area contributed by atoms with E-state index in [1.54, 1.807) is 0 Å². The van der Waals surface area contributed by atoms with Crippen molar-refractivity contribution in [3.63, 3.8) is 0 Å². The summed E-state index contributed by atoms with van der Waals surface area (Å²) in [7, 11) is 0. The Bertz CT molecular complexity index is 217. The van der Waals surface area contributed by atoms with Crippen molar-refractivity contribution in [2.75, 3.05) is 19.6 Å². The van der Waals surface area contributed by atoms with Crippen molar-refractivity contribution >= 4 is 5.91 Å². The molecule has 1 amide bonds. The molecule has 0 atom stereocenters. The SMILES string of the molecule is CCNC(=O)C(=CN1CCCC1)CC. The number of nitrogens with zero attached hydrogens (tertiary/aromatic N) is 1. The minimum atomic E-state index is 0.0851. The molecule has 14 heavy (non-hydrogen) atoms. The number of likely N-dealkylation sites (N-methyl/N-ethyl adjacent to an activating group) is 1. The van der Waals surface area contributed by atoms with Crippen molar-refractivity contribution in [3.05, 3.63) is 11.8 Å². The van der Waals surface area contributed by atoms with E-state index in [4.69, 9.17) is 0 Å². The van der Waals surface area contributed by atoms with E-state index in [1.165, 1.54) is 12.8 Å². The van der Waals surface area contributed by atoms with Gasteiger partial charge in [-0.3, -0.25) is 4.79 Å². The van der Waals surface area contributed by atoms with Gasteiger partial charge in [-0.1, -0.05) is 6.92 Å². The summed E-state index contributed by atoms with van der Waals surface area (Å²) in [5, 5.41) is 2.84. The van der Waals surface area contributed by atoms with Gasteiger partial charge in [0.15, 0.2) is 0 Å². The molecular weight excluding hydrogens is 176 g/mol. The molecular formula is C11H20N2O. The monoisotopic (exact) mass is 196 g/mol. The number of carbonyl (C=O) groups is 1. The van der Waals surface area contributed by atoms with E-state index in [9.17, 15) is 4.79 Å². The first-order valence-electron chi connectivity index (χ1n) is 5.50. The summed E-state index contributed by atoms with van der Waals surface area (Å²) < 4.78 is 0. The van der Waals surface area contributed by atoms with Crippen LogP contribution in [0.15, 0.2) is 11.8 Å². The van der Waals surface area contributed by atoms with Crippen LogP contribution in [0.4, 0.5) is 0 Å². The molecule has 1 aliphatic rings. The van der Waals surface area contributed by atoms with Crippen LogP contribution < -0.4 is 5.32 Å². The summed E-state index contributed by atoms with van der Waals surface area (Å²) >= 11 is 0. The van der Waals surface area contributed by atoms with Crippen LogP contribution in [-0.2, 0) is 4.79 Å². The second kappa shape index (κ2) is 5.68. The quantitative estimate of drug-likeness (QED) is 0.691. The van der Waals surface area contributed by atoms with Crippen LogP contribution >= 0.6 is 0 Å². The average molecular weight is 196 g/mol. The van der Waals surface area contributed by atoms with E-state index in [0.717, 1.165) is 25.1 Å². The zero-order valence-corrected chi connectivity index (χ0v) is 9.18. The highest BCUT2D eigenvalue weighted by Gasteiger charge is 2.11. The van der Waals surface area contributed by atoms with Crippen LogP contribution in [0.5, 0.6) is 0 Å². The normalized spacial score (nSPS) is 17.3. The Labute approximate surface area is 86.2 Å². The lowest BCUT2D eigenvalue weighted by Crippen LogP contribution is -2.26. The van der Waals surface area contributed by atoms with Gasteiger partial charge in [0.2, 0.25) is 5.91 Å². The maximum atomic E-state index is 11.6. The van der Waals surface area contributed by atoms with Crippen molar-refractivity contribution in [2.24, 2.45) is 0 Å². The lowest BCUT2D eigenvalue weighted by Gasteiger charge is -2.14. The Morgan fingerprint density at radius 3 is 2.50 bits per heavy atom. The number of hydrogen-bond donors (Lipinski definition) is 1. The number of carbonyl (C=O) groups excluding carboxylic acids is 1. The molecule has 0 spiro atoms. The number of nitrogens with one attached hydrogen (secondary N) is 1. The Balaban J connectivity index is 2.54. The molecule has 3 nitrogen and oxygen atoms in total. The number of hydrogen-bond acceptors (Lipinski definition) is 2. The second-order valence-corrected chi connectivity index (χ2v) is 3.61. The topological polar surface area (TPSA) is 32.3 Å². The molecule has 1 rings (SSSR count). The molecule has 1 heterocycles. The predicted octanol–water partition coefficient (Wildman–Crippen LogP) is 1.51. The molecule has 0 aromatic carbocycles. The van der Waals surface area contributed by atoms with Crippen LogP contribution in [-0.4, -0.2) is 30.4 Å². The standard InChI is InChI=1S/C11H20N2O/c1-3-10(11(14)12-4-2)9-13-7-5-6-8-13/h9H,3-8H2,1-2H3,(H,12,14). The van der Waals surface area contributed by atoms with Gasteiger partial charge >= 0.3 is 0 Å². The van der Waals surface area contributed by atoms with Crippen molar-refractivity contribution < 1.29 is 4.79 Å². The third-order valence-electron chi connectivity index (χ3n) is 2.49. The van der Waals surface area contributed by atoms with Crippen molar-refractivity contribution in [1.29, 1.82) is 0 Å². The van der Waals surface area contributed by atoms with E-state index in [-0.39, 0.29) is 5.91 Å². The maximum Gasteiger partial charge on any atom is 0.248 e. The van der Waals surface area contributed by atoms with Crippen LogP contribution in [0, 0.1) is 0 Å². The van der Waals surface area contributed by atoms with Gasteiger partial charge < -0.3 is 10.2 Å². The first-order valence-corrected chi connectivity index (χ1v) is 5.50. The third-order valence-corrected chi connectivity index (χ3v) is 2.49. The molecule has 0 saturated carbocycles. The maximum absolute atomic E-state index is 11.6. The van der Waals surface area contributed by atoms with Crippen molar-refractivity contribution in [2.45, 2.75) is 33.1 Å². The minimum Gasteiger partial charge on any atom is -0.377 e. The average Bonchev–Trinajstić information content (AvgIpc) is 2.66. The Morgan fingerprint density at radius 2 is 2.00 bits per heavy atom. The lowest BCUT2D eigenvalue weighted by atomic mass is 10.2. The van der Waals surface area contributed by atoms with Crippen molar-refractivity contribution in [1.82, 2.24) is 10.2 Å². The largest absolute Gasteiger partial charge is 0.377 e. The molecule has 1 saturated heterocycles. The Hall–Kier alpha value is -0.990. The number of amides is 1. The molecule has 3 heteroatoms. The third kappa shape index (κ3) is 3.05. The van der Waals surface area contributed by atoms with E-state index >= 15 is 0 Å². The zero-order chi connectivity index (χ0) is 10.4. The van der Waals surface area contributed by atoms with Gasteiger partial charge in [0.05, 0.1) is 0 Å². The summed E-state index contributed by atoms with van der Waals surface area (Å²) in [6.45, 7) is 6.88. The van der Waals surface area contributed by atoms with Gasteiger partial charge in [-0.2, -0.15) is 0 Å². The molecule has 0 aromatic heterocycles. The fraction of sp³-hybridized carbons (Fsp3) is 0.727. The molecule has 1 aliphatic heterocycles. The van der Waals surface area contributed by atoms with Gasteiger partial charge in [-0.15, -0.1) is 0 Å². The molecule has 0 bridgehead atoms. The highest BCUT2D eigenvalue weighted by Crippen LogP contribution is 2.11. The van der Waals surface area contributed by atoms with E-state index < -0.39 is 0 Å². The van der Waals surface area contributed by atoms with Gasteiger partial charge in [-0.05, 0) is 26.2 Å². The van der Waals surface area contributed by atoms with E-state index in [0.29, 0.717) is 6.54 Å². The summed E-state index contributed by atoms with van der Waals surface area (Å²) in [4.78, 5) is 13.8. The molecule has 0 aromatic rings. The van der Waals surface area contributed by atoms with Crippen LogP contribution in [0.2, 0.25) is 0 Å². The molecule has 1 fully saturated rings. The predicted molar refractivity (Wildman–Crippen MR) is 57.9 cm³/mol. The minimum absolute atomic E-state index is 0.0851. The summed E-state index contributed by atoms with van der Waals surface area (Å²) in [5.41, 5.74) is 0.897. The molecule has 0 radical (unpaired) electrons.